The maximum absolute atomic E-state index is 13.2. The normalized spacial score (nSPS) is 17.7. The molecule has 4 heterocycles. The van der Waals surface area contributed by atoms with Crippen molar-refractivity contribution in [2.24, 2.45) is 0 Å². The van der Waals surface area contributed by atoms with Crippen molar-refractivity contribution in [3.05, 3.63) is 77.6 Å². The zero-order chi connectivity index (χ0) is 26.5. The Morgan fingerprint density at radius 3 is 2.68 bits per heavy atom. The van der Waals surface area contributed by atoms with Gasteiger partial charge in [0, 0.05) is 42.0 Å². The van der Waals surface area contributed by atoms with E-state index in [1.807, 2.05) is 24.3 Å². The van der Waals surface area contributed by atoms with Gasteiger partial charge >= 0.3 is 0 Å². The number of amides is 3. The number of pyridine rings is 1. The standard InChI is InChI=1S/C28H28N4O6/c1-36-24-5-2-19-14-25(24)38-13-11-32(28(35)18-6-8-29-9-7-18)17-27(34)30-10-12-37-20-3-4-21-22(19)16-26(33)31-23(21)15-20/h2-9,14-15,22H,10-13,16-17H2,1H3,(H,30,34)(H,31,33). The molecule has 0 spiro atoms. The third kappa shape index (κ3) is 5.54. The molecule has 2 aromatic carbocycles. The lowest BCUT2D eigenvalue weighted by atomic mass is 9.84. The van der Waals surface area contributed by atoms with Crippen LogP contribution in [0.15, 0.2) is 60.9 Å². The predicted molar refractivity (Wildman–Crippen MR) is 139 cm³/mol. The van der Waals surface area contributed by atoms with Crippen LogP contribution in [0.3, 0.4) is 0 Å². The van der Waals surface area contributed by atoms with Crippen molar-refractivity contribution in [3.63, 3.8) is 0 Å². The second-order valence-corrected chi connectivity index (χ2v) is 8.97. The molecular weight excluding hydrogens is 488 g/mol. The maximum Gasteiger partial charge on any atom is 0.254 e. The molecule has 0 saturated heterocycles. The van der Waals surface area contributed by atoms with Gasteiger partial charge in [-0.3, -0.25) is 19.4 Å². The first-order valence-corrected chi connectivity index (χ1v) is 12.3. The van der Waals surface area contributed by atoms with Gasteiger partial charge in [-0.15, -0.1) is 0 Å². The molecule has 3 aliphatic rings. The van der Waals surface area contributed by atoms with E-state index in [0.29, 0.717) is 34.9 Å². The van der Waals surface area contributed by atoms with E-state index in [2.05, 4.69) is 15.6 Å². The summed E-state index contributed by atoms with van der Waals surface area (Å²) in [7, 11) is 1.55. The zero-order valence-electron chi connectivity index (χ0n) is 20.9. The zero-order valence-corrected chi connectivity index (χ0v) is 20.9. The molecule has 3 aromatic rings. The minimum absolute atomic E-state index is 0.0927. The summed E-state index contributed by atoms with van der Waals surface area (Å²) in [6.07, 6.45) is 3.35. The molecule has 6 rings (SSSR count). The molecule has 0 saturated carbocycles. The number of hydrogen-bond acceptors (Lipinski definition) is 7. The number of ether oxygens (including phenoxy) is 3. The molecule has 3 amide bonds. The molecule has 2 N–H and O–H groups in total. The van der Waals surface area contributed by atoms with Crippen LogP contribution in [0.2, 0.25) is 0 Å². The van der Waals surface area contributed by atoms with Gasteiger partial charge in [0.25, 0.3) is 5.91 Å². The van der Waals surface area contributed by atoms with Crippen LogP contribution in [0, 0.1) is 0 Å². The molecule has 0 radical (unpaired) electrons. The summed E-state index contributed by atoms with van der Waals surface area (Å²) in [5.74, 6) is 0.689. The van der Waals surface area contributed by atoms with Crippen LogP contribution in [0.5, 0.6) is 17.2 Å². The molecule has 1 unspecified atom stereocenters. The SMILES string of the molecule is COc1ccc2cc1OCCN(C(=O)c1ccncc1)CC(=O)NCCOc1ccc3c(c1)NC(=O)CC23. The molecule has 38 heavy (non-hydrogen) atoms. The molecule has 10 nitrogen and oxygen atoms in total. The molecule has 1 atom stereocenters. The van der Waals surface area contributed by atoms with Crippen molar-refractivity contribution < 1.29 is 28.6 Å². The van der Waals surface area contributed by atoms with Crippen LogP contribution in [-0.4, -0.2) is 67.6 Å². The van der Waals surface area contributed by atoms with Gasteiger partial charge < -0.3 is 29.7 Å². The number of nitrogens with one attached hydrogen (secondary N) is 2. The first kappa shape index (κ1) is 25.1. The summed E-state index contributed by atoms with van der Waals surface area (Å²) in [6.45, 7) is 0.619. The van der Waals surface area contributed by atoms with E-state index in [9.17, 15) is 14.4 Å². The summed E-state index contributed by atoms with van der Waals surface area (Å²) in [5.41, 5.74) is 2.98. The smallest absolute Gasteiger partial charge is 0.254 e. The first-order chi connectivity index (χ1) is 18.5. The molecular formula is C28H28N4O6. The van der Waals surface area contributed by atoms with E-state index in [4.69, 9.17) is 14.2 Å². The van der Waals surface area contributed by atoms with Gasteiger partial charge in [-0.1, -0.05) is 12.1 Å². The molecule has 10 heteroatoms. The Labute approximate surface area is 219 Å². The van der Waals surface area contributed by atoms with Gasteiger partial charge in [-0.25, -0.2) is 0 Å². The minimum Gasteiger partial charge on any atom is -0.493 e. The van der Waals surface area contributed by atoms with E-state index < -0.39 is 0 Å². The topological polar surface area (TPSA) is 119 Å². The molecule has 6 bridgehead atoms. The lowest BCUT2D eigenvalue weighted by Gasteiger charge is -2.27. The van der Waals surface area contributed by atoms with Crippen molar-refractivity contribution in [2.45, 2.75) is 12.3 Å². The highest BCUT2D eigenvalue weighted by atomic mass is 16.5. The number of nitrogens with zero attached hydrogens (tertiary/aromatic N) is 2. The van der Waals surface area contributed by atoms with E-state index >= 15 is 0 Å². The maximum atomic E-state index is 13.2. The molecule has 1 aromatic heterocycles. The lowest BCUT2D eigenvalue weighted by molar-refractivity contribution is -0.122. The summed E-state index contributed by atoms with van der Waals surface area (Å²) >= 11 is 0. The Kier molecular flexibility index (Phi) is 7.39. The number of anilines is 1. The average Bonchev–Trinajstić information content (AvgIpc) is 2.93. The van der Waals surface area contributed by atoms with E-state index in [1.54, 1.807) is 31.4 Å². The Morgan fingerprint density at radius 1 is 1.03 bits per heavy atom. The Morgan fingerprint density at radius 2 is 1.87 bits per heavy atom. The van der Waals surface area contributed by atoms with Crippen molar-refractivity contribution in [2.75, 3.05) is 45.3 Å². The van der Waals surface area contributed by atoms with E-state index in [1.165, 1.54) is 17.3 Å². The third-order valence-electron chi connectivity index (χ3n) is 6.51. The average molecular weight is 517 g/mol. The summed E-state index contributed by atoms with van der Waals surface area (Å²) in [4.78, 5) is 43.8. The van der Waals surface area contributed by atoms with Gasteiger partial charge in [0.2, 0.25) is 11.8 Å². The number of carbonyl (C=O) groups excluding carboxylic acids is 3. The van der Waals surface area contributed by atoms with Crippen LogP contribution in [0.1, 0.15) is 33.8 Å². The van der Waals surface area contributed by atoms with Crippen molar-refractivity contribution in [1.29, 1.82) is 0 Å². The highest BCUT2D eigenvalue weighted by molar-refractivity contribution is 5.96. The molecule has 0 fully saturated rings. The van der Waals surface area contributed by atoms with Gasteiger partial charge in [0.1, 0.15) is 19.0 Å². The Balaban J connectivity index is 1.47. The highest BCUT2D eigenvalue weighted by Gasteiger charge is 2.28. The van der Waals surface area contributed by atoms with Crippen LogP contribution in [0.4, 0.5) is 5.69 Å². The van der Waals surface area contributed by atoms with Crippen LogP contribution >= 0.6 is 0 Å². The Hall–Kier alpha value is -4.60. The third-order valence-corrected chi connectivity index (χ3v) is 6.51. The summed E-state index contributed by atoms with van der Waals surface area (Å²) < 4.78 is 17.4. The second kappa shape index (κ2) is 11.2. The first-order valence-electron chi connectivity index (χ1n) is 12.3. The summed E-state index contributed by atoms with van der Waals surface area (Å²) in [5, 5.41) is 5.72. The molecule has 196 valence electrons. The quantitative estimate of drug-likeness (QED) is 0.503. The van der Waals surface area contributed by atoms with Crippen molar-refractivity contribution >= 4 is 23.4 Å². The highest BCUT2D eigenvalue weighted by Crippen LogP contribution is 2.41. The summed E-state index contributed by atoms with van der Waals surface area (Å²) in [6, 6.07) is 14.4. The molecule has 3 aliphatic heterocycles. The lowest BCUT2D eigenvalue weighted by Crippen LogP contribution is -2.43. The van der Waals surface area contributed by atoms with Gasteiger partial charge in [0.15, 0.2) is 11.5 Å². The monoisotopic (exact) mass is 516 g/mol. The van der Waals surface area contributed by atoms with Gasteiger partial charge in [-0.2, -0.15) is 0 Å². The second-order valence-electron chi connectivity index (χ2n) is 8.97. The largest absolute Gasteiger partial charge is 0.493 e. The van der Waals surface area contributed by atoms with Crippen molar-refractivity contribution in [1.82, 2.24) is 15.2 Å². The number of methoxy groups -OCH3 is 1. The number of rotatable bonds is 2. The Bertz CT molecular complexity index is 1350. The van der Waals surface area contributed by atoms with E-state index in [0.717, 1.165) is 11.1 Å². The van der Waals surface area contributed by atoms with Crippen LogP contribution in [0.25, 0.3) is 0 Å². The van der Waals surface area contributed by atoms with Crippen molar-refractivity contribution in [3.8, 4) is 17.2 Å². The number of fused-ring (bicyclic) bond motifs is 10. The van der Waals surface area contributed by atoms with Gasteiger partial charge in [-0.05, 0) is 41.5 Å². The fourth-order valence-corrected chi connectivity index (χ4v) is 4.64. The number of aromatic nitrogens is 1. The van der Waals surface area contributed by atoms with Gasteiger partial charge in [0.05, 0.1) is 26.7 Å². The number of carbonyl (C=O) groups is 3. The predicted octanol–water partition coefficient (Wildman–Crippen LogP) is 2.59. The van der Waals surface area contributed by atoms with Crippen LogP contribution < -0.4 is 24.8 Å². The molecule has 0 aliphatic carbocycles. The number of benzene rings is 2. The fourth-order valence-electron chi connectivity index (χ4n) is 4.64. The fraction of sp³-hybridized carbons (Fsp3) is 0.286. The number of hydrogen-bond donors (Lipinski definition) is 2. The van der Waals surface area contributed by atoms with Crippen LogP contribution in [-0.2, 0) is 9.59 Å². The minimum atomic E-state index is -0.322. The van der Waals surface area contributed by atoms with E-state index in [-0.39, 0.29) is 56.5 Å².